The van der Waals surface area contributed by atoms with Crippen molar-refractivity contribution in [2.45, 2.75) is 11.4 Å². The van der Waals surface area contributed by atoms with Gasteiger partial charge < -0.3 is 15.6 Å². The van der Waals surface area contributed by atoms with Gasteiger partial charge in [0, 0.05) is 29.0 Å². The maximum Gasteiger partial charge on any atom is 0.239 e. The summed E-state index contributed by atoms with van der Waals surface area (Å²) in [7, 11) is 1.61. The van der Waals surface area contributed by atoms with Crippen LogP contribution >= 0.6 is 11.8 Å². The molecule has 0 saturated carbocycles. The standard InChI is InChI=1S/C12H14N4OS/c1-15-11(17)7-16-6-10(18-12(13)14)8-4-2-3-5-9(8)16/h2-6H,7H2,1H3,(H3,13,14)(H,15,17). The molecule has 1 amide bonds. The van der Waals surface area contributed by atoms with Crippen molar-refractivity contribution in [3.63, 3.8) is 0 Å². The molecular weight excluding hydrogens is 248 g/mol. The molecule has 0 spiro atoms. The molecule has 0 aliphatic heterocycles. The number of amides is 1. The van der Waals surface area contributed by atoms with Crippen LogP contribution in [0.5, 0.6) is 0 Å². The molecule has 1 aromatic heterocycles. The number of rotatable bonds is 3. The van der Waals surface area contributed by atoms with Crippen LogP contribution in [-0.4, -0.2) is 22.7 Å². The van der Waals surface area contributed by atoms with E-state index in [-0.39, 0.29) is 17.6 Å². The number of nitrogens with two attached hydrogens (primary N) is 1. The van der Waals surface area contributed by atoms with Crippen LogP contribution in [0.2, 0.25) is 0 Å². The van der Waals surface area contributed by atoms with Gasteiger partial charge in [0.25, 0.3) is 0 Å². The second-order valence-electron chi connectivity index (χ2n) is 3.78. The lowest BCUT2D eigenvalue weighted by molar-refractivity contribution is -0.121. The molecule has 0 radical (unpaired) electrons. The summed E-state index contributed by atoms with van der Waals surface area (Å²) in [4.78, 5) is 12.3. The molecule has 4 N–H and O–H groups in total. The Bertz CT molecular complexity index is 605. The summed E-state index contributed by atoms with van der Waals surface area (Å²) >= 11 is 1.19. The lowest BCUT2D eigenvalue weighted by Gasteiger charge is -2.03. The lowest BCUT2D eigenvalue weighted by Crippen LogP contribution is -2.22. The largest absolute Gasteiger partial charge is 0.378 e. The zero-order chi connectivity index (χ0) is 13.1. The summed E-state index contributed by atoms with van der Waals surface area (Å²) in [6.45, 7) is 0.259. The van der Waals surface area contributed by atoms with E-state index in [0.29, 0.717) is 0 Å². The van der Waals surface area contributed by atoms with Gasteiger partial charge in [-0.1, -0.05) is 30.0 Å². The smallest absolute Gasteiger partial charge is 0.239 e. The van der Waals surface area contributed by atoms with E-state index in [1.54, 1.807) is 7.05 Å². The van der Waals surface area contributed by atoms with Crippen LogP contribution in [0.3, 0.4) is 0 Å². The summed E-state index contributed by atoms with van der Waals surface area (Å²) < 4.78 is 1.86. The monoisotopic (exact) mass is 262 g/mol. The van der Waals surface area contributed by atoms with Gasteiger partial charge >= 0.3 is 0 Å². The Balaban J connectivity index is 2.47. The van der Waals surface area contributed by atoms with E-state index in [1.807, 2.05) is 35.0 Å². The third-order valence-corrected chi connectivity index (χ3v) is 3.33. The minimum Gasteiger partial charge on any atom is -0.378 e. The molecule has 0 fully saturated rings. The summed E-state index contributed by atoms with van der Waals surface area (Å²) in [5, 5.41) is 11.0. The highest BCUT2D eigenvalue weighted by molar-refractivity contribution is 8.13. The molecule has 0 aliphatic carbocycles. The number of nitrogens with zero attached hydrogens (tertiary/aromatic N) is 1. The van der Waals surface area contributed by atoms with Gasteiger partial charge in [0.15, 0.2) is 5.17 Å². The van der Waals surface area contributed by atoms with E-state index < -0.39 is 0 Å². The Kier molecular flexibility index (Phi) is 3.57. The quantitative estimate of drug-likeness (QED) is 0.444. The van der Waals surface area contributed by atoms with Gasteiger partial charge in [-0.25, -0.2) is 0 Å². The molecule has 6 heteroatoms. The van der Waals surface area contributed by atoms with Crippen molar-refractivity contribution < 1.29 is 4.79 Å². The van der Waals surface area contributed by atoms with Gasteiger partial charge in [-0.05, 0) is 6.07 Å². The molecule has 0 atom stereocenters. The number of amidine groups is 1. The molecule has 18 heavy (non-hydrogen) atoms. The van der Waals surface area contributed by atoms with Crippen molar-refractivity contribution in [2.24, 2.45) is 5.73 Å². The minimum absolute atomic E-state index is 0.0397. The number of para-hydroxylation sites is 1. The SMILES string of the molecule is CNC(=O)Cn1cc(SC(=N)N)c2ccccc21. The van der Waals surface area contributed by atoms with Crippen LogP contribution in [0.25, 0.3) is 10.9 Å². The third-order valence-electron chi connectivity index (χ3n) is 2.56. The van der Waals surface area contributed by atoms with E-state index >= 15 is 0 Å². The van der Waals surface area contributed by atoms with Gasteiger partial charge in [0.05, 0.1) is 0 Å². The Morgan fingerprint density at radius 2 is 2.22 bits per heavy atom. The first-order valence-electron chi connectivity index (χ1n) is 5.42. The van der Waals surface area contributed by atoms with Crippen molar-refractivity contribution >= 4 is 33.7 Å². The molecule has 94 valence electrons. The number of likely N-dealkylation sites (N-methyl/N-ethyl adjacent to an activating group) is 1. The normalized spacial score (nSPS) is 10.5. The van der Waals surface area contributed by atoms with Crippen LogP contribution in [0, 0.1) is 5.41 Å². The van der Waals surface area contributed by atoms with Gasteiger partial charge in [0.1, 0.15) is 6.54 Å². The first-order valence-corrected chi connectivity index (χ1v) is 6.24. The van der Waals surface area contributed by atoms with Gasteiger partial charge in [-0.3, -0.25) is 10.2 Å². The van der Waals surface area contributed by atoms with Gasteiger partial charge in [-0.2, -0.15) is 0 Å². The van der Waals surface area contributed by atoms with Crippen LogP contribution in [-0.2, 0) is 11.3 Å². The number of aromatic nitrogens is 1. The van der Waals surface area contributed by atoms with E-state index in [1.165, 1.54) is 11.8 Å². The maximum absolute atomic E-state index is 11.5. The fourth-order valence-corrected chi connectivity index (χ4v) is 2.48. The number of carbonyl (C=O) groups is 1. The molecule has 0 aliphatic rings. The summed E-state index contributed by atoms with van der Waals surface area (Å²) in [6.07, 6.45) is 1.85. The molecule has 2 rings (SSSR count). The molecule has 0 unspecified atom stereocenters. The van der Waals surface area contributed by atoms with Crippen molar-refractivity contribution in [2.75, 3.05) is 7.05 Å². The highest BCUT2D eigenvalue weighted by atomic mass is 32.2. The summed E-state index contributed by atoms with van der Waals surface area (Å²) in [5.41, 5.74) is 6.37. The Morgan fingerprint density at radius 1 is 1.50 bits per heavy atom. The molecule has 1 heterocycles. The third kappa shape index (κ3) is 2.48. The average molecular weight is 262 g/mol. The average Bonchev–Trinajstić information content (AvgIpc) is 2.67. The summed E-state index contributed by atoms with van der Waals surface area (Å²) in [6, 6.07) is 7.76. The topological polar surface area (TPSA) is 83.9 Å². The molecule has 2 aromatic rings. The van der Waals surface area contributed by atoms with Crippen molar-refractivity contribution in [3.05, 3.63) is 30.5 Å². The van der Waals surface area contributed by atoms with Crippen molar-refractivity contribution in [3.8, 4) is 0 Å². The highest BCUT2D eigenvalue weighted by Crippen LogP contribution is 2.29. The van der Waals surface area contributed by atoms with E-state index in [9.17, 15) is 4.79 Å². The number of hydrogen-bond donors (Lipinski definition) is 3. The predicted octanol–water partition coefficient (Wildman–Crippen LogP) is 1.37. The Hall–Kier alpha value is -1.95. The zero-order valence-corrected chi connectivity index (χ0v) is 10.8. The number of carbonyl (C=O) groups excluding carboxylic acids is 1. The van der Waals surface area contributed by atoms with Gasteiger partial charge in [0.2, 0.25) is 5.91 Å². The molecule has 0 bridgehead atoms. The van der Waals surface area contributed by atoms with Crippen molar-refractivity contribution in [1.82, 2.24) is 9.88 Å². The molecule has 5 nitrogen and oxygen atoms in total. The van der Waals surface area contributed by atoms with Crippen LogP contribution in [0.15, 0.2) is 35.4 Å². The lowest BCUT2D eigenvalue weighted by atomic mass is 10.2. The second-order valence-corrected chi connectivity index (χ2v) is 4.86. The van der Waals surface area contributed by atoms with Crippen LogP contribution in [0.1, 0.15) is 0 Å². The fourth-order valence-electron chi connectivity index (χ4n) is 1.78. The number of thioether (sulfide) groups is 1. The van der Waals surface area contributed by atoms with Crippen molar-refractivity contribution in [1.29, 1.82) is 5.41 Å². The Morgan fingerprint density at radius 3 is 2.89 bits per heavy atom. The molecular formula is C12H14N4OS. The zero-order valence-electron chi connectivity index (χ0n) is 9.93. The highest BCUT2D eigenvalue weighted by Gasteiger charge is 2.11. The van der Waals surface area contributed by atoms with Crippen LogP contribution in [0.4, 0.5) is 0 Å². The predicted molar refractivity (Wildman–Crippen MR) is 73.8 cm³/mol. The van der Waals surface area contributed by atoms with E-state index in [4.69, 9.17) is 11.1 Å². The van der Waals surface area contributed by atoms with Crippen LogP contribution < -0.4 is 11.1 Å². The first kappa shape index (κ1) is 12.5. The van der Waals surface area contributed by atoms with E-state index in [2.05, 4.69) is 5.32 Å². The van der Waals surface area contributed by atoms with E-state index in [0.717, 1.165) is 15.8 Å². The van der Waals surface area contributed by atoms with Gasteiger partial charge in [-0.15, -0.1) is 0 Å². The minimum atomic E-state index is -0.0601. The Labute approximate surface area is 109 Å². The first-order chi connectivity index (χ1) is 8.61. The molecule has 0 saturated heterocycles. The number of nitrogens with one attached hydrogen (secondary N) is 2. The maximum atomic E-state index is 11.5. The number of hydrogen-bond acceptors (Lipinski definition) is 3. The fraction of sp³-hybridized carbons (Fsp3) is 0.167. The second kappa shape index (κ2) is 5.14. The molecule has 1 aromatic carbocycles. The number of benzene rings is 1. The number of fused-ring (bicyclic) bond motifs is 1. The summed E-state index contributed by atoms with van der Waals surface area (Å²) in [5.74, 6) is -0.0601.